The summed E-state index contributed by atoms with van der Waals surface area (Å²) in [6, 6.07) is -5.84. The zero-order valence-electron chi connectivity index (χ0n) is 33.8. The molecule has 0 aromatic rings. The van der Waals surface area contributed by atoms with Crippen LogP contribution in [0.2, 0.25) is 0 Å². The van der Waals surface area contributed by atoms with Crippen molar-refractivity contribution in [1.82, 2.24) is 40.9 Å². The lowest BCUT2D eigenvalue weighted by molar-refractivity contribution is -0.314. The highest BCUT2D eigenvalue weighted by molar-refractivity contribution is 5.80. The van der Waals surface area contributed by atoms with Gasteiger partial charge < -0.3 is 76.5 Å². The molecule has 0 aliphatic carbocycles. The molecule has 0 aromatic heterocycles. The number of amides is 4. The first kappa shape index (κ1) is 53.5. The molecule has 1 saturated heterocycles. The lowest BCUT2D eigenvalue weighted by Gasteiger charge is -2.42. The number of hydrogen-bond acceptors (Lipinski definition) is 19. The third-order valence-electron chi connectivity index (χ3n) is 9.88. The number of nitrogens with zero attached hydrogens (tertiary/aromatic N) is 4. The minimum atomic E-state index is -1.61. The number of carboxylic acids is 4. The van der Waals surface area contributed by atoms with Gasteiger partial charge in [0.05, 0.1) is 44.3 Å². The summed E-state index contributed by atoms with van der Waals surface area (Å²) in [4.78, 5) is 106. The molecule has 1 rings (SSSR count). The fraction of sp³-hybridized carbons (Fsp3) is 0.778. The van der Waals surface area contributed by atoms with Crippen molar-refractivity contribution in [2.45, 2.75) is 75.5 Å². The van der Waals surface area contributed by atoms with Crippen molar-refractivity contribution in [3.8, 4) is 0 Å². The van der Waals surface area contributed by atoms with Crippen LogP contribution < -0.4 is 36.6 Å². The number of carboxylic acid groups (broad SMARTS) is 4. The minimum absolute atomic E-state index is 0.0811. The van der Waals surface area contributed by atoms with Gasteiger partial charge >= 0.3 is 5.97 Å². The average molecular weight is 862 g/mol. The Morgan fingerprint density at radius 2 is 0.600 bits per heavy atom. The van der Waals surface area contributed by atoms with Gasteiger partial charge in [-0.25, -0.2) is 0 Å². The summed E-state index contributed by atoms with van der Waals surface area (Å²) < 4.78 is 0. The van der Waals surface area contributed by atoms with Crippen LogP contribution in [0.25, 0.3) is 0 Å². The molecule has 344 valence electrons. The zero-order chi connectivity index (χ0) is 45.0. The van der Waals surface area contributed by atoms with Crippen LogP contribution in [-0.4, -0.2) is 222 Å². The molecular formula is C36H61N8O16-3. The van der Waals surface area contributed by atoms with Crippen LogP contribution in [0, 0.1) is 0 Å². The van der Waals surface area contributed by atoms with Gasteiger partial charge in [0.25, 0.3) is 0 Å². The number of hydrogen-bond donors (Lipinski definition) is 9. The molecule has 60 heavy (non-hydrogen) atoms. The van der Waals surface area contributed by atoms with Gasteiger partial charge in [0.15, 0.2) is 0 Å². The molecule has 0 aromatic carbocycles. The van der Waals surface area contributed by atoms with Gasteiger partial charge in [0.1, 0.15) is 6.04 Å². The van der Waals surface area contributed by atoms with Gasteiger partial charge in [0.2, 0.25) is 23.6 Å². The second-order valence-electron chi connectivity index (χ2n) is 14.0. The number of carbonyl (C=O) groups is 8. The molecule has 4 atom stereocenters. The van der Waals surface area contributed by atoms with E-state index in [4.69, 9.17) is 20.4 Å². The lowest BCUT2D eigenvalue weighted by atomic mass is 10.1. The van der Waals surface area contributed by atoms with E-state index in [9.17, 15) is 58.8 Å². The Balaban J connectivity index is 3.77. The monoisotopic (exact) mass is 861 g/mol. The van der Waals surface area contributed by atoms with Gasteiger partial charge in [-0.05, 0) is 25.7 Å². The van der Waals surface area contributed by atoms with Crippen LogP contribution in [0.4, 0.5) is 0 Å². The van der Waals surface area contributed by atoms with Crippen LogP contribution in [0.3, 0.4) is 0 Å². The summed E-state index contributed by atoms with van der Waals surface area (Å²) in [5, 5.41) is 94.3. The molecular weight excluding hydrogens is 800 g/mol. The molecule has 24 heteroatoms. The first-order valence-corrected chi connectivity index (χ1v) is 19.9. The first-order chi connectivity index (χ1) is 28.6. The summed E-state index contributed by atoms with van der Waals surface area (Å²) in [5.74, 6) is -8.49. The van der Waals surface area contributed by atoms with E-state index in [0.717, 1.165) is 0 Å². The molecule has 1 heterocycles. The molecule has 4 amide bonds. The van der Waals surface area contributed by atoms with Crippen molar-refractivity contribution < 1.29 is 79.2 Å². The molecule has 1 fully saturated rings. The average Bonchev–Trinajstić information content (AvgIpc) is 3.19. The van der Waals surface area contributed by atoms with E-state index in [1.54, 1.807) is 0 Å². The Kier molecular flexibility index (Phi) is 27.1. The number of aliphatic hydroxyl groups excluding tert-OH is 4. The smallest absolute Gasteiger partial charge is 0.320 e. The second-order valence-corrected chi connectivity index (χ2v) is 14.0. The fourth-order valence-electron chi connectivity index (χ4n) is 6.74. The van der Waals surface area contributed by atoms with Crippen molar-refractivity contribution in [2.24, 2.45) is 0 Å². The Labute approximate surface area is 347 Å². The maximum atomic E-state index is 12.7. The largest absolute Gasteiger partial charge is 0.548 e. The molecule has 1 aliphatic rings. The van der Waals surface area contributed by atoms with E-state index in [2.05, 4.69) is 21.3 Å². The highest BCUT2D eigenvalue weighted by Crippen LogP contribution is 2.17. The van der Waals surface area contributed by atoms with Crippen LogP contribution >= 0.6 is 0 Å². The predicted octanol–water partition coefficient (Wildman–Crippen LogP) is -9.43. The molecule has 0 saturated carbocycles. The van der Waals surface area contributed by atoms with Crippen molar-refractivity contribution in [3.05, 3.63) is 0 Å². The normalized spacial score (nSPS) is 17.1. The quantitative estimate of drug-likeness (QED) is 0.0353. The van der Waals surface area contributed by atoms with Gasteiger partial charge in [0, 0.05) is 122 Å². The topological polar surface area (TPSA) is 368 Å². The molecule has 4 unspecified atom stereocenters. The molecule has 0 radical (unpaired) electrons. The Bertz CT molecular complexity index is 1160. The standard InChI is InChI=1S/C36H64N8O16/c45-21-9-37-29(49)5-1-25(33(53)54)41-13-15-42(26(34(55)56)2-6-30(50)38-10-22-46)17-19-44(28(36(59)60)4-8-32(52)40-12-24-48)20-18-43(16-14-41)27(35(57)58)3-7-31(51)39-11-23-47/h25-28,45-48H,1-24H2,(H,37,49)(H,38,50)(H,39,51)(H,40,52)(H,53,54)(H,55,56)(H,57,58)(H,59,60)/p-3. The zero-order valence-corrected chi connectivity index (χ0v) is 33.8. The first-order valence-electron chi connectivity index (χ1n) is 19.9. The fourth-order valence-corrected chi connectivity index (χ4v) is 6.74. The van der Waals surface area contributed by atoms with Gasteiger partial charge in [-0.1, -0.05) is 0 Å². The van der Waals surface area contributed by atoms with Crippen LogP contribution in [0.15, 0.2) is 0 Å². The molecule has 0 spiro atoms. The van der Waals surface area contributed by atoms with Crippen molar-refractivity contribution in [2.75, 3.05) is 105 Å². The highest BCUT2D eigenvalue weighted by atomic mass is 16.4. The lowest BCUT2D eigenvalue weighted by Crippen LogP contribution is -2.59. The van der Waals surface area contributed by atoms with E-state index in [1.165, 1.54) is 19.6 Å². The number of aliphatic hydroxyl groups is 4. The SMILES string of the molecule is O=C(CCC(C(=O)[O-])N1CCN(C(CCC(=O)NCCO)C(=O)[O-])CCN(C(CCC(=O)NCCO)C(=O)O)CCN(C(CCC(=O)NCCO)C(=O)[O-])CC1)NCCO. The third-order valence-corrected chi connectivity index (χ3v) is 9.88. The summed E-state index contributed by atoms with van der Waals surface area (Å²) >= 11 is 0. The number of rotatable bonds is 28. The van der Waals surface area contributed by atoms with Crippen LogP contribution in [0.5, 0.6) is 0 Å². The van der Waals surface area contributed by atoms with E-state index in [1.807, 2.05) is 0 Å². The van der Waals surface area contributed by atoms with Crippen LogP contribution in [0.1, 0.15) is 51.4 Å². The number of aliphatic carboxylic acids is 4. The Morgan fingerprint density at radius 3 is 0.783 bits per heavy atom. The maximum absolute atomic E-state index is 12.7. The van der Waals surface area contributed by atoms with E-state index >= 15 is 0 Å². The molecule has 0 bridgehead atoms. The Hall–Kier alpha value is -4.56. The van der Waals surface area contributed by atoms with Crippen molar-refractivity contribution in [3.63, 3.8) is 0 Å². The summed E-state index contributed by atoms with van der Waals surface area (Å²) in [5.41, 5.74) is 0. The van der Waals surface area contributed by atoms with Crippen molar-refractivity contribution >= 4 is 47.5 Å². The van der Waals surface area contributed by atoms with E-state index < -0.39 is 71.7 Å². The second kappa shape index (κ2) is 30.5. The number of carbonyl (C=O) groups excluding carboxylic acids is 7. The molecule has 24 nitrogen and oxygen atoms in total. The minimum Gasteiger partial charge on any atom is -0.548 e. The predicted molar refractivity (Wildman–Crippen MR) is 201 cm³/mol. The molecule has 9 N–H and O–H groups in total. The number of nitrogens with one attached hydrogen (secondary N) is 4. The Morgan fingerprint density at radius 1 is 0.400 bits per heavy atom. The van der Waals surface area contributed by atoms with Crippen molar-refractivity contribution in [1.29, 1.82) is 0 Å². The summed E-state index contributed by atoms with van der Waals surface area (Å²) in [6.45, 7) is -3.64. The molecule has 1 aliphatic heterocycles. The van der Waals surface area contributed by atoms with Gasteiger partial charge in [-0.3, -0.25) is 43.6 Å². The van der Waals surface area contributed by atoms with Gasteiger partial charge in [-0.15, -0.1) is 0 Å². The van der Waals surface area contributed by atoms with E-state index in [0.29, 0.717) is 0 Å². The highest BCUT2D eigenvalue weighted by Gasteiger charge is 2.32. The summed E-state index contributed by atoms with van der Waals surface area (Å²) in [7, 11) is 0. The third kappa shape index (κ3) is 21.1. The maximum Gasteiger partial charge on any atom is 0.320 e. The van der Waals surface area contributed by atoms with E-state index in [-0.39, 0.29) is 156 Å². The van der Waals surface area contributed by atoms with Gasteiger partial charge in [-0.2, -0.15) is 0 Å². The van der Waals surface area contributed by atoms with Crippen LogP contribution in [-0.2, 0) is 38.4 Å². The summed E-state index contributed by atoms with van der Waals surface area (Å²) in [6.07, 6.45) is -2.48.